The van der Waals surface area contributed by atoms with Crippen molar-refractivity contribution in [2.75, 3.05) is 13.7 Å². The maximum Gasteiger partial charge on any atom is 0.276 e. The summed E-state index contributed by atoms with van der Waals surface area (Å²) < 4.78 is 35.6. The molecule has 0 aliphatic carbocycles. The molecule has 0 bridgehead atoms. The average Bonchev–Trinajstić information content (AvgIpc) is 2.56. The number of nitrogens with zero attached hydrogens (tertiary/aromatic N) is 1. The van der Waals surface area contributed by atoms with Gasteiger partial charge in [-0.25, -0.2) is 4.83 Å². The molecule has 0 radical (unpaired) electrons. The van der Waals surface area contributed by atoms with Crippen LogP contribution in [0.25, 0.3) is 0 Å². The zero-order chi connectivity index (χ0) is 17.6. The van der Waals surface area contributed by atoms with Crippen LogP contribution in [-0.4, -0.2) is 28.3 Å². The van der Waals surface area contributed by atoms with E-state index in [0.717, 1.165) is 0 Å². The molecule has 0 heterocycles. The van der Waals surface area contributed by atoms with Gasteiger partial charge in [0.25, 0.3) is 10.0 Å². The van der Waals surface area contributed by atoms with Gasteiger partial charge >= 0.3 is 0 Å². The Hall–Kier alpha value is -2.06. The predicted octanol–water partition coefficient (Wildman–Crippen LogP) is 3.17. The molecule has 0 fully saturated rings. The summed E-state index contributed by atoms with van der Waals surface area (Å²) in [5.41, 5.74) is 0.655. The molecule has 0 saturated carbocycles. The zero-order valence-corrected chi connectivity index (χ0v) is 15.6. The van der Waals surface area contributed by atoms with Crippen molar-refractivity contribution in [3.8, 4) is 11.5 Å². The number of hydrogen-bond donors (Lipinski definition) is 1. The Morgan fingerprint density at radius 2 is 1.96 bits per heavy atom. The van der Waals surface area contributed by atoms with E-state index in [1.807, 2.05) is 6.92 Å². The summed E-state index contributed by atoms with van der Waals surface area (Å²) in [4.78, 5) is 2.32. The number of hydrogen-bond acceptors (Lipinski definition) is 5. The molecule has 0 amide bonds. The van der Waals surface area contributed by atoms with Crippen molar-refractivity contribution < 1.29 is 17.9 Å². The molecule has 2 aromatic carbocycles. The summed E-state index contributed by atoms with van der Waals surface area (Å²) in [6.45, 7) is 2.34. The van der Waals surface area contributed by atoms with E-state index in [1.54, 1.807) is 37.4 Å². The van der Waals surface area contributed by atoms with Crippen molar-refractivity contribution in [3.63, 3.8) is 0 Å². The second-order valence-electron chi connectivity index (χ2n) is 4.63. The Labute approximate surface area is 149 Å². The largest absolute Gasteiger partial charge is 0.492 e. The number of rotatable bonds is 7. The molecule has 1 N–H and O–H groups in total. The van der Waals surface area contributed by atoms with E-state index in [9.17, 15) is 8.42 Å². The van der Waals surface area contributed by atoms with Crippen molar-refractivity contribution in [2.45, 2.75) is 11.8 Å². The minimum atomic E-state index is -3.69. The van der Waals surface area contributed by atoms with Crippen LogP contribution >= 0.6 is 15.9 Å². The Morgan fingerprint density at radius 1 is 1.25 bits per heavy atom. The number of hydrazone groups is 1. The Balaban J connectivity index is 2.20. The van der Waals surface area contributed by atoms with E-state index in [0.29, 0.717) is 28.1 Å². The summed E-state index contributed by atoms with van der Waals surface area (Å²) in [5, 5.41) is 3.81. The highest BCUT2D eigenvalue weighted by Crippen LogP contribution is 2.36. The number of benzene rings is 2. The van der Waals surface area contributed by atoms with Gasteiger partial charge in [0.2, 0.25) is 0 Å². The van der Waals surface area contributed by atoms with Crippen LogP contribution in [0.15, 0.2) is 56.9 Å². The van der Waals surface area contributed by atoms with Gasteiger partial charge in [-0.3, -0.25) is 0 Å². The lowest BCUT2D eigenvalue weighted by atomic mass is 10.2. The highest BCUT2D eigenvalue weighted by molar-refractivity contribution is 9.10. The van der Waals surface area contributed by atoms with Gasteiger partial charge in [-0.15, -0.1) is 0 Å². The van der Waals surface area contributed by atoms with Crippen LogP contribution in [0.1, 0.15) is 12.5 Å². The van der Waals surface area contributed by atoms with Crippen LogP contribution in [0.4, 0.5) is 0 Å². The Morgan fingerprint density at radius 3 is 2.58 bits per heavy atom. The van der Waals surface area contributed by atoms with E-state index >= 15 is 0 Å². The van der Waals surface area contributed by atoms with E-state index in [-0.39, 0.29) is 4.90 Å². The molecule has 24 heavy (non-hydrogen) atoms. The van der Waals surface area contributed by atoms with Gasteiger partial charge in [0, 0.05) is 0 Å². The van der Waals surface area contributed by atoms with Crippen molar-refractivity contribution >= 4 is 32.2 Å². The first-order valence-corrected chi connectivity index (χ1v) is 9.35. The number of halogens is 1. The summed E-state index contributed by atoms with van der Waals surface area (Å²) in [6.07, 6.45) is 1.40. The van der Waals surface area contributed by atoms with E-state index in [2.05, 4.69) is 25.9 Å². The van der Waals surface area contributed by atoms with Crippen molar-refractivity contribution in [3.05, 3.63) is 52.5 Å². The molecular weight excluding hydrogens is 396 g/mol. The fraction of sp³-hybridized carbons (Fsp3) is 0.188. The van der Waals surface area contributed by atoms with Gasteiger partial charge in [0.15, 0.2) is 11.5 Å². The van der Waals surface area contributed by atoms with Crippen LogP contribution < -0.4 is 14.3 Å². The average molecular weight is 413 g/mol. The third-order valence-electron chi connectivity index (χ3n) is 2.98. The highest BCUT2D eigenvalue weighted by Gasteiger charge is 2.12. The third-order valence-corrected chi connectivity index (χ3v) is 4.80. The van der Waals surface area contributed by atoms with Gasteiger partial charge in [0.05, 0.1) is 29.3 Å². The fourth-order valence-corrected chi connectivity index (χ4v) is 3.38. The molecular formula is C16H17BrN2O4S. The molecule has 0 aromatic heterocycles. The third kappa shape index (κ3) is 4.48. The summed E-state index contributed by atoms with van der Waals surface area (Å²) >= 11 is 3.39. The first kappa shape index (κ1) is 18.3. The van der Waals surface area contributed by atoms with Crippen molar-refractivity contribution in [2.24, 2.45) is 5.10 Å². The molecule has 2 rings (SSSR count). The van der Waals surface area contributed by atoms with E-state index < -0.39 is 10.0 Å². The summed E-state index contributed by atoms with van der Waals surface area (Å²) in [7, 11) is -2.14. The minimum Gasteiger partial charge on any atom is -0.492 e. The number of methoxy groups -OCH3 is 1. The standard InChI is InChI=1S/C16H17BrN2O4S/c1-3-23-15-10-12(9-14(17)16(15)22-2)11-18-19-24(20,21)13-7-5-4-6-8-13/h4-11,19H,3H2,1-2H3. The van der Waals surface area contributed by atoms with Crippen molar-refractivity contribution in [1.82, 2.24) is 4.83 Å². The molecule has 128 valence electrons. The van der Waals surface area contributed by atoms with Crippen LogP contribution in [0, 0.1) is 0 Å². The lowest BCUT2D eigenvalue weighted by Gasteiger charge is -2.11. The topological polar surface area (TPSA) is 77.0 Å². The molecule has 2 aromatic rings. The lowest BCUT2D eigenvalue weighted by Crippen LogP contribution is -2.18. The fourth-order valence-electron chi connectivity index (χ4n) is 1.95. The van der Waals surface area contributed by atoms with Crippen LogP contribution in [0.3, 0.4) is 0 Å². The van der Waals surface area contributed by atoms with Gasteiger partial charge in [0.1, 0.15) is 0 Å². The maximum atomic E-state index is 12.1. The van der Waals surface area contributed by atoms with Crippen molar-refractivity contribution in [1.29, 1.82) is 0 Å². The first-order chi connectivity index (χ1) is 11.5. The molecule has 6 nitrogen and oxygen atoms in total. The maximum absolute atomic E-state index is 12.1. The summed E-state index contributed by atoms with van der Waals surface area (Å²) in [6, 6.07) is 11.5. The molecule has 0 aliphatic rings. The predicted molar refractivity (Wildman–Crippen MR) is 96.2 cm³/mol. The van der Waals surface area contributed by atoms with Crippen LogP contribution in [-0.2, 0) is 10.0 Å². The van der Waals surface area contributed by atoms with E-state index in [4.69, 9.17) is 9.47 Å². The number of nitrogens with one attached hydrogen (secondary N) is 1. The van der Waals surface area contributed by atoms with Gasteiger partial charge in [-0.1, -0.05) is 18.2 Å². The second kappa shape index (κ2) is 8.16. The van der Waals surface area contributed by atoms with Gasteiger partial charge in [-0.05, 0) is 52.7 Å². The molecule has 0 unspecified atom stereocenters. The summed E-state index contributed by atoms with van der Waals surface area (Å²) in [5.74, 6) is 1.11. The monoisotopic (exact) mass is 412 g/mol. The van der Waals surface area contributed by atoms with E-state index in [1.165, 1.54) is 18.3 Å². The normalized spacial score (nSPS) is 11.5. The zero-order valence-electron chi connectivity index (χ0n) is 13.2. The SMILES string of the molecule is CCOc1cc(C=NNS(=O)(=O)c2ccccc2)cc(Br)c1OC. The van der Waals surface area contributed by atoms with Crippen LogP contribution in [0.2, 0.25) is 0 Å². The quantitative estimate of drug-likeness (QED) is 0.559. The molecule has 8 heteroatoms. The lowest BCUT2D eigenvalue weighted by molar-refractivity contribution is 0.310. The Kier molecular flexibility index (Phi) is 6.22. The first-order valence-electron chi connectivity index (χ1n) is 7.08. The highest BCUT2D eigenvalue weighted by atomic mass is 79.9. The number of ether oxygens (including phenoxy) is 2. The molecule has 0 spiro atoms. The smallest absolute Gasteiger partial charge is 0.276 e. The van der Waals surface area contributed by atoms with Crippen LogP contribution in [0.5, 0.6) is 11.5 Å². The Bertz CT molecular complexity index is 823. The molecule has 0 saturated heterocycles. The molecule has 0 aliphatic heterocycles. The molecule has 0 atom stereocenters. The number of sulfonamides is 1. The van der Waals surface area contributed by atoms with Gasteiger partial charge < -0.3 is 9.47 Å². The van der Waals surface area contributed by atoms with Gasteiger partial charge in [-0.2, -0.15) is 13.5 Å². The second-order valence-corrected chi connectivity index (χ2v) is 7.15. The minimum absolute atomic E-state index is 0.146.